The van der Waals surface area contributed by atoms with E-state index in [4.69, 9.17) is 5.26 Å². The molecule has 0 bridgehead atoms. The Bertz CT molecular complexity index is 341. The van der Waals surface area contributed by atoms with Crippen molar-refractivity contribution in [1.82, 2.24) is 0 Å². The van der Waals surface area contributed by atoms with Crippen molar-refractivity contribution in [3.8, 4) is 6.07 Å². The molecule has 0 fully saturated rings. The highest BCUT2D eigenvalue weighted by Crippen LogP contribution is 2.28. The highest BCUT2D eigenvalue weighted by Gasteiger charge is 2.31. The Morgan fingerprint density at radius 1 is 1.38 bits per heavy atom. The molecule has 1 aromatic carbocycles. The zero-order valence-electron chi connectivity index (χ0n) is 6.60. The lowest BCUT2D eigenvalue weighted by Crippen LogP contribution is -2.15. The van der Waals surface area contributed by atoms with E-state index in [9.17, 15) is 13.2 Å². The van der Waals surface area contributed by atoms with Gasteiger partial charge in [0.15, 0.2) is 6.67 Å². The summed E-state index contributed by atoms with van der Waals surface area (Å²) in [6.07, 6.45) is 0. The van der Waals surface area contributed by atoms with Gasteiger partial charge in [0.25, 0.3) is 0 Å². The summed E-state index contributed by atoms with van der Waals surface area (Å²) in [5.41, 5.74) is -0.361. The molecule has 0 spiro atoms. The normalized spacial score (nSPS) is 10.9. The van der Waals surface area contributed by atoms with Gasteiger partial charge in [0, 0.05) is 5.56 Å². The second kappa shape index (κ2) is 3.48. The highest BCUT2D eigenvalue weighted by atomic mass is 19.3. The predicted octanol–water partition coefficient (Wildman–Crippen LogP) is 2.62. The first-order valence-electron chi connectivity index (χ1n) is 3.54. The van der Waals surface area contributed by atoms with Crippen molar-refractivity contribution in [3.63, 3.8) is 0 Å². The molecule has 0 aliphatic heterocycles. The summed E-state index contributed by atoms with van der Waals surface area (Å²) in [5, 5.41) is 8.41. The second-order valence-corrected chi connectivity index (χ2v) is 2.53. The minimum Gasteiger partial charge on any atom is -0.244 e. The fourth-order valence-corrected chi connectivity index (χ4v) is 0.893. The van der Waals surface area contributed by atoms with Crippen LogP contribution in [0.1, 0.15) is 11.1 Å². The fourth-order valence-electron chi connectivity index (χ4n) is 0.893. The number of rotatable bonds is 2. The van der Waals surface area contributed by atoms with E-state index in [0.717, 1.165) is 12.1 Å². The summed E-state index contributed by atoms with van der Waals surface area (Å²) in [5.74, 6) is -3.49. The summed E-state index contributed by atoms with van der Waals surface area (Å²) in [7, 11) is 0. The van der Waals surface area contributed by atoms with Crippen LogP contribution in [-0.2, 0) is 5.92 Å². The van der Waals surface area contributed by atoms with Crippen molar-refractivity contribution < 1.29 is 13.2 Å². The lowest BCUT2D eigenvalue weighted by molar-refractivity contribution is -0.0281. The molecular formula is C9H6F3N. The molecule has 4 heteroatoms. The number of hydrogen-bond donors (Lipinski definition) is 0. The van der Waals surface area contributed by atoms with E-state index in [2.05, 4.69) is 0 Å². The molecule has 1 nitrogen and oxygen atoms in total. The molecule has 0 atom stereocenters. The number of benzene rings is 1. The van der Waals surface area contributed by atoms with Crippen LogP contribution in [0.5, 0.6) is 0 Å². The maximum atomic E-state index is 12.7. The third kappa shape index (κ3) is 2.00. The monoisotopic (exact) mass is 185 g/mol. The summed E-state index contributed by atoms with van der Waals surface area (Å²) < 4.78 is 37.3. The van der Waals surface area contributed by atoms with Gasteiger partial charge in [0.2, 0.25) is 0 Å². The Kier molecular flexibility index (Phi) is 2.57. The van der Waals surface area contributed by atoms with Gasteiger partial charge in [-0.1, -0.05) is 12.1 Å². The van der Waals surface area contributed by atoms with Gasteiger partial charge in [-0.05, 0) is 12.1 Å². The molecule has 0 unspecified atom stereocenters. The first kappa shape index (κ1) is 9.59. The quantitative estimate of drug-likeness (QED) is 0.694. The topological polar surface area (TPSA) is 23.8 Å². The smallest absolute Gasteiger partial charge is 0.244 e. The molecule has 68 valence electrons. The molecule has 1 rings (SSSR count). The minimum absolute atomic E-state index is 0.102. The van der Waals surface area contributed by atoms with Crippen LogP contribution in [0.3, 0.4) is 0 Å². The van der Waals surface area contributed by atoms with Gasteiger partial charge in [0.1, 0.15) is 0 Å². The van der Waals surface area contributed by atoms with E-state index in [-0.39, 0.29) is 5.56 Å². The largest absolute Gasteiger partial charge is 0.301 e. The lowest BCUT2D eigenvalue weighted by Gasteiger charge is -2.11. The summed E-state index contributed by atoms with van der Waals surface area (Å²) in [6, 6.07) is 6.48. The molecule has 0 saturated heterocycles. The molecule has 13 heavy (non-hydrogen) atoms. The molecule has 0 saturated carbocycles. The molecule has 0 N–H and O–H groups in total. The zero-order valence-corrected chi connectivity index (χ0v) is 6.60. The Morgan fingerprint density at radius 3 is 2.62 bits per heavy atom. The van der Waals surface area contributed by atoms with Crippen molar-refractivity contribution in [2.75, 3.05) is 6.67 Å². The van der Waals surface area contributed by atoms with Gasteiger partial charge >= 0.3 is 5.92 Å². The maximum Gasteiger partial charge on any atom is 0.301 e. The Morgan fingerprint density at radius 2 is 2.08 bits per heavy atom. The summed E-state index contributed by atoms with van der Waals surface area (Å²) in [6.45, 7) is -1.75. The van der Waals surface area contributed by atoms with E-state index in [1.807, 2.05) is 0 Å². The van der Waals surface area contributed by atoms with Crippen LogP contribution < -0.4 is 0 Å². The Labute approximate surface area is 73.4 Å². The predicted molar refractivity (Wildman–Crippen MR) is 41.0 cm³/mol. The number of hydrogen-bond acceptors (Lipinski definition) is 1. The first-order valence-corrected chi connectivity index (χ1v) is 3.54. The molecule has 0 heterocycles. The molecule has 0 amide bonds. The van der Waals surface area contributed by atoms with Crippen LogP contribution in [0.2, 0.25) is 0 Å². The zero-order chi connectivity index (χ0) is 9.90. The number of nitrogens with zero attached hydrogens (tertiary/aromatic N) is 1. The van der Waals surface area contributed by atoms with Crippen LogP contribution in [-0.4, -0.2) is 6.67 Å². The standard InChI is InChI=1S/C9H6F3N/c10-6-9(11,12)8-3-1-2-7(4-8)5-13/h1-4H,6H2. The van der Waals surface area contributed by atoms with Crippen molar-refractivity contribution in [3.05, 3.63) is 35.4 Å². The van der Waals surface area contributed by atoms with Gasteiger partial charge in [-0.3, -0.25) is 0 Å². The molecular weight excluding hydrogens is 179 g/mol. The van der Waals surface area contributed by atoms with E-state index >= 15 is 0 Å². The minimum atomic E-state index is -3.49. The average molecular weight is 185 g/mol. The van der Waals surface area contributed by atoms with E-state index < -0.39 is 18.2 Å². The number of halogens is 3. The highest BCUT2D eigenvalue weighted by molar-refractivity contribution is 5.34. The van der Waals surface area contributed by atoms with Crippen molar-refractivity contribution in [1.29, 1.82) is 5.26 Å². The van der Waals surface area contributed by atoms with Crippen LogP contribution >= 0.6 is 0 Å². The van der Waals surface area contributed by atoms with Gasteiger partial charge in [-0.15, -0.1) is 0 Å². The fraction of sp³-hybridized carbons (Fsp3) is 0.222. The van der Waals surface area contributed by atoms with Crippen molar-refractivity contribution >= 4 is 0 Å². The van der Waals surface area contributed by atoms with Crippen LogP contribution in [0.4, 0.5) is 13.2 Å². The van der Waals surface area contributed by atoms with Gasteiger partial charge in [0.05, 0.1) is 11.6 Å². The third-order valence-electron chi connectivity index (χ3n) is 1.58. The van der Waals surface area contributed by atoms with Crippen LogP contribution in [0.25, 0.3) is 0 Å². The van der Waals surface area contributed by atoms with E-state index in [1.165, 1.54) is 12.1 Å². The molecule has 0 aliphatic carbocycles. The van der Waals surface area contributed by atoms with Crippen LogP contribution in [0, 0.1) is 11.3 Å². The Hall–Kier alpha value is -1.50. The molecule has 0 aromatic heterocycles. The van der Waals surface area contributed by atoms with Crippen LogP contribution in [0.15, 0.2) is 24.3 Å². The summed E-state index contributed by atoms with van der Waals surface area (Å²) in [4.78, 5) is 0. The maximum absolute atomic E-state index is 12.7. The van der Waals surface area contributed by atoms with Crippen molar-refractivity contribution in [2.24, 2.45) is 0 Å². The SMILES string of the molecule is N#Cc1cccc(C(F)(F)CF)c1. The first-order chi connectivity index (χ1) is 6.10. The number of alkyl halides is 3. The molecule has 1 aromatic rings. The lowest BCUT2D eigenvalue weighted by atomic mass is 10.1. The third-order valence-corrected chi connectivity index (χ3v) is 1.58. The van der Waals surface area contributed by atoms with E-state index in [0.29, 0.717) is 0 Å². The van der Waals surface area contributed by atoms with Gasteiger partial charge in [-0.25, -0.2) is 4.39 Å². The van der Waals surface area contributed by atoms with E-state index in [1.54, 1.807) is 6.07 Å². The summed E-state index contributed by atoms with van der Waals surface area (Å²) >= 11 is 0. The van der Waals surface area contributed by atoms with Gasteiger partial charge in [-0.2, -0.15) is 14.0 Å². The number of nitriles is 1. The molecule has 0 radical (unpaired) electrons. The van der Waals surface area contributed by atoms with Crippen molar-refractivity contribution in [2.45, 2.75) is 5.92 Å². The second-order valence-electron chi connectivity index (χ2n) is 2.53. The van der Waals surface area contributed by atoms with Gasteiger partial charge < -0.3 is 0 Å². The average Bonchev–Trinajstić information content (AvgIpc) is 2.18. The Balaban J connectivity index is 3.10. The molecule has 0 aliphatic rings.